The van der Waals surface area contributed by atoms with Gasteiger partial charge in [0, 0.05) is 17.4 Å². The van der Waals surface area contributed by atoms with Crippen LogP contribution >= 0.6 is 0 Å². The highest BCUT2D eigenvalue weighted by Crippen LogP contribution is 2.16. The van der Waals surface area contributed by atoms with E-state index in [0.29, 0.717) is 17.1 Å². The zero-order valence-corrected chi connectivity index (χ0v) is 14.0. The molecule has 130 valence electrons. The number of hydrogen-bond donors (Lipinski definition) is 2. The predicted octanol–water partition coefficient (Wildman–Crippen LogP) is 3.26. The molecule has 0 bridgehead atoms. The molecule has 0 radical (unpaired) electrons. The van der Waals surface area contributed by atoms with Gasteiger partial charge < -0.3 is 15.4 Å². The normalized spacial score (nSPS) is 10.0. The summed E-state index contributed by atoms with van der Waals surface area (Å²) in [7, 11) is 1.30. The molecule has 3 rings (SSSR count). The van der Waals surface area contributed by atoms with E-state index in [4.69, 9.17) is 0 Å². The molecule has 0 aliphatic rings. The van der Waals surface area contributed by atoms with E-state index < -0.39 is 11.9 Å². The molecule has 0 saturated carbocycles. The molecule has 0 unspecified atom stereocenters. The van der Waals surface area contributed by atoms with Gasteiger partial charge in [-0.15, -0.1) is 0 Å². The minimum absolute atomic E-state index is 0.196. The van der Waals surface area contributed by atoms with Gasteiger partial charge in [-0.1, -0.05) is 24.3 Å². The fourth-order valence-electron chi connectivity index (χ4n) is 2.26. The zero-order valence-electron chi connectivity index (χ0n) is 14.0. The van der Waals surface area contributed by atoms with Crippen molar-refractivity contribution in [2.24, 2.45) is 0 Å². The van der Waals surface area contributed by atoms with Crippen molar-refractivity contribution in [1.82, 2.24) is 9.97 Å². The lowest BCUT2D eigenvalue weighted by molar-refractivity contribution is 0.0600. The molecule has 0 aliphatic heterocycles. The first-order valence-electron chi connectivity index (χ1n) is 7.79. The van der Waals surface area contributed by atoms with Gasteiger partial charge >= 0.3 is 5.97 Å². The minimum Gasteiger partial charge on any atom is -0.465 e. The Kier molecular flexibility index (Phi) is 5.19. The highest BCUT2D eigenvalue weighted by molar-refractivity contribution is 6.04. The van der Waals surface area contributed by atoms with Crippen LogP contribution in [0.3, 0.4) is 0 Å². The van der Waals surface area contributed by atoms with Gasteiger partial charge in [-0.25, -0.2) is 14.8 Å². The van der Waals surface area contributed by atoms with E-state index in [0.717, 1.165) is 5.69 Å². The van der Waals surface area contributed by atoms with Crippen LogP contribution in [0.5, 0.6) is 0 Å². The first kappa shape index (κ1) is 17.1. The van der Waals surface area contributed by atoms with Crippen molar-refractivity contribution in [2.45, 2.75) is 0 Å². The first-order chi connectivity index (χ1) is 12.7. The quantitative estimate of drug-likeness (QED) is 0.688. The molecule has 1 heterocycles. The van der Waals surface area contributed by atoms with Crippen molar-refractivity contribution in [3.63, 3.8) is 0 Å². The Bertz CT molecular complexity index is 929. The van der Waals surface area contributed by atoms with E-state index in [1.54, 1.807) is 24.3 Å². The molecule has 3 aromatic rings. The van der Waals surface area contributed by atoms with E-state index in [1.807, 2.05) is 30.3 Å². The highest BCUT2D eigenvalue weighted by Gasteiger charge is 2.11. The number of methoxy groups -OCH3 is 1. The van der Waals surface area contributed by atoms with Gasteiger partial charge in [0.1, 0.15) is 17.8 Å². The third-order valence-electron chi connectivity index (χ3n) is 3.49. The summed E-state index contributed by atoms with van der Waals surface area (Å²) in [6.07, 6.45) is 1.31. The van der Waals surface area contributed by atoms with Crippen LogP contribution in [-0.2, 0) is 4.74 Å². The van der Waals surface area contributed by atoms with Crippen LogP contribution < -0.4 is 10.6 Å². The van der Waals surface area contributed by atoms with E-state index in [2.05, 4.69) is 25.3 Å². The van der Waals surface area contributed by atoms with Gasteiger partial charge in [-0.05, 0) is 30.3 Å². The van der Waals surface area contributed by atoms with E-state index >= 15 is 0 Å². The molecule has 2 N–H and O–H groups in total. The molecular formula is C19H16N4O3. The van der Waals surface area contributed by atoms with Gasteiger partial charge in [-0.2, -0.15) is 0 Å². The summed E-state index contributed by atoms with van der Waals surface area (Å²) >= 11 is 0. The summed E-state index contributed by atoms with van der Waals surface area (Å²) in [5, 5.41) is 5.81. The summed E-state index contributed by atoms with van der Waals surface area (Å²) in [5.74, 6) is -0.386. The first-order valence-corrected chi connectivity index (χ1v) is 7.79. The van der Waals surface area contributed by atoms with Gasteiger partial charge in [0.2, 0.25) is 0 Å². The van der Waals surface area contributed by atoms with Crippen molar-refractivity contribution in [3.05, 3.63) is 78.2 Å². The summed E-state index contributed by atoms with van der Waals surface area (Å²) in [6, 6.07) is 17.5. The third kappa shape index (κ3) is 4.21. The number of aromatic nitrogens is 2. The number of amides is 1. The number of para-hydroxylation sites is 1. The lowest BCUT2D eigenvalue weighted by atomic mass is 10.2. The van der Waals surface area contributed by atoms with Gasteiger partial charge in [0.15, 0.2) is 0 Å². The Balaban J connectivity index is 1.74. The Morgan fingerprint density at radius 1 is 0.923 bits per heavy atom. The van der Waals surface area contributed by atoms with Crippen molar-refractivity contribution >= 4 is 29.1 Å². The Labute approximate surface area is 150 Å². The number of nitrogens with one attached hydrogen (secondary N) is 2. The predicted molar refractivity (Wildman–Crippen MR) is 97.5 cm³/mol. The number of esters is 1. The monoisotopic (exact) mass is 348 g/mol. The molecule has 7 nitrogen and oxygen atoms in total. The zero-order chi connectivity index (χ0) is 18.4. The number of ether oxygens (including phenoxy) is 1. The maximum atomic E-state index is 12.4. The summed E-state index contributed by atoms with van der Waals surface area (Å²) in [5.41, 5.74) is 1.86. The largest absolute Gasteiger partial charge is 0.465 e. The van der Waals surface area contributed by atoms with E-state index in [1.165, 1.54) is 19.5 Å². The lowest BCUT2D eigenvalue weighted by Gasteiger charge is -2.08. The molecule has 0 fully saturated rings. The molecule has 0 aliphatic carbocycles. The van der Waals surface area contributed by atoms with Crippen LogP contribution in [0.1, 0.15) is 20.8 Å². The second-order valence-corrected chi connectivity index (χ2v) is 5.31. The molecular weight excluding hydrogens is 332 g/mol. The fourth-order valence-corrected chi connectivity index (χ4v) is 2.26. The topological polar surface area (TPSA) is 93.2 Å². The van der Waals surface area contributed by atoms with Gasteiger partial charge in [0.25, 0.3) is 5.91 Å². The van der Waals surface area contributed by atoms with Crippen molar-refractivity contribution < 1.29 is 14.3 Å². The van der Waals surface area contributed by atoms with Crippen molar-refractivity contribution in [3.8, 4) is 0 Å². The van der Waals surface area contributed by atoms with E-state index in [9.17, 15) is 9.59 Å². The standard InChI is InChI=1S/C19H16N4O3/c1-26-19(25)13-6-5-9-15(10-13)23-18(24)16-11-17(21-12-20-16)22-14-7-3-2-4-8-14/h2-12H,1H3,(H,23,24)(H,20,21,22). The number of nitrogens with zero attached hydrogens (tertiary/aromatic N) is 2. The summed E-state index contributed by atoms with van der Waals surface area (Å²) in [4.78, 5) is 32.1. The molecule has 26 heavy (non-hydrogen) atoms. The van der Waals surface area contributed by atoms with E-state index in [-0.39, 0.29) is 5.69 Å². The maximum Gasteiger partial charge on any atom is 0.337 e. The van der Waals surface area contributed by atoms with Crippen molar-refractivity contribution in [2.75, 3.05) is 17.7 Å². The number of carbonyl (C=O) groups is 2. The molecule has 0 saturated heterocycles. The number of hydrogen-bond acceptors (Lipinski definition) is 6. The number of benzene rings is 2. The number of anilines is 3. The smallest absolute Gasteiger partial charge is 0.337 e. The number of rotatable bonds is 5. The number of carbonyl (C=O) groups excluding carboxylic acids is 2. The van der Waals surface area contributed by atoms with Gasteiger partial charge in [0.05, 0.1) is 12.7 Å². The molecule has 2 aromatic carbocycles. The molecule has 7 heteroatoms. The average Bonchev–Trinajstić information content (AvgIpc) is 2.68. The second kappa shape index (κ2) is 7.89. The Hall–Kier alpha value is -3.74. The molecule has 1 aromatic heterocycles. The van der Waals surface area contributed by atoms with Crippen LogP contribution in [0.4, 0.5) is 17.2 Å². The minimum atomic E-state index is -0.475. The molecule has 1 amide bonds. The summed E-state index contributed by atoms with van der Waals surface area (Å²) in [6.45, 7) is 0. The third-order valence-corrected chi connectivity index (χ3v) is 3.49. The Morgan fingerprint density at radius 3 is 2.46 bits per heavy atom. The maximum absolute atomic E-state index is 12.4. The second-order valence-electron chi connectivity index (χ2n) is 5.31. The van der Waals surface area contributed by atoms with Crippen LogP contribution in [0.2, 0.25) is 0 Å². The lowest BCUT2D eigenvalue weighted by Crippen LogP contribution is -2.15. The average molecular weight is 348 g/mol. The Morgan fingerprint density at radius 2 is 1.69 bits per heavy atom. The SMILES string of the molecule is COC(=O)c1cccc(NC(=O)c2cc(Nc3ccccc3)ncn2)c1. The van der Waals surface area contributed by atoms with Crippen molar-refractivity contribution in [1.29, 1.82) is 0 Å². The van der Waals surface area contributed by atoms with Crippen LogP contribution in [-0.4, -0.2) is 29.0 Å². The highest BCUT2D eigenvalue weighted by atomic mass is 16.5. The fraction of sp³-hybridized carbons (Fsp3) is 0.0526. The molecule has 0 spiro atoms. The summed E-state index contributed by atoms with van der Waals surface area (Å²) < 4.78 is 4.67. The van der Waals surface area contributed by atoms with Crippen LogP contribution in [0.25, 0.3) is 0 Å². The molecule has 0 atom stereocenters. The van der Waals surface area contributed by atoms with Crippen LogP contribution in [0.15, 0.2) is 67.0 Å². The van der Waals surface area contributed by atoms with Gasteiger partial charge in [-0.3, -0.25) is 4.79 Å². The van der Waals surface area contributed by atoms with Crippen LogP contribution in [0, 0.1) is 0 Å².